The number of nitrogens with one attached hydrogen (secondary N) is 1. The topological polar surface area (TPSA) is 24.5 Å². The molecule has 0 amide bonds. The van der Waals surface area contributed by atoms with E-state index in [0.717, 1.165) is 39.0 Å². The molecule has 0 bridgehead atoms. The lowest BCUT2D eigenvalue weighted by Crippen LogP contribution is -2.48. The number of piperazine rings is 1. The number of benzene rings is 1. The smallest absolute Gasteiger partial charge is 0.145 e. The second-order valence-electron chi connectivity index (χ2n) is 5.94. The van der Waals surface area contributed by atoms with Crippen molar-refractivity contribution in [1.29, 1.82) is 0 Å². The van der Waals surface area contributed by atoms with Crippen LogP contribution in [-0.4, -0.2) is 44.3 Å². The van der Waals surface area contributed by atoms with Gasteiger partial charge < -0.3 is 10.1 Å². The summed E-state index contributed by atoms with van der Waals surface area (Å²) in [6.45, 7) is 4.68. The third-order valence-electron chi connectivity index (χ3n) is 4.63. The van der Waals surface area contributed by atoms with E-state index in [1.165, 1.54) is 12.1 Å². The molecule has 3 rings (SSSR count). The predicted molar refractivity (Wildman–Crippen MR) is 84.8 cm³/mol. The Bertz CT molecular complexity index is 499. The SMILES string of the molecule is Fc1ccc(Br)c(F)c1[C@@H](C1CCOCC1)N1CCNCC1. The average molecular weight is 375 g/mol. The van der Waals surface area contributed by atoms with E-state index < -0.39 is 11.6 Å². The van der Waals surface area contributed by atoms with Crippen molar-refractivity contribution in [2.24, 2.45) is 5.92 Å². The minimum absolute atomic E-state index is 0.211. The molecule has 0 spiro atoms. The predicted octanol–water partition coefficient (Wildman–Crippen LogP) is 3.10. The molecule has 1 aromatic rings. The van der Waals surface area contributed by atoms with Crippen LogP contribution < -0.4 is 5.32 Å². The molecule has 0 aromatic heterocycles. The van der Waals surface area contributed by atoms with E-state index in [1.54, 1.807) is 0 Å². The maximum atomic E-state index is 14.7. The molecule has 2 fully saturated rings. The highest BCUT2D eigenvalue weighted by atomic mass is 79.9. The lowest BCUT2D eigenvalue weighted by molar-refractivity contribution is 0.0191. The van der Waals surface area contributed by atoms with Gasteiger partial charge in [-0.2, -0.15) is 0 Å². The van der Waals surface area contributed by atoms with Gasteiger partial charge in [0.05, 0.1) is 4.47 Å². The van der Waals surface area contributed by atoms with Crippen molar-refractivity contribution in [3.63, 3.8) is 0 Å². The quantitative estimate of drug-likeness (QED) is 0.822. The van der Waals surface area contributed by atoms with Crippen LogP contribution in [0.1, 0.15) is 24.4 Å². The van der Waals surface area contributed by atoms with Gasteiger partial charge in [0.1, 0.15) is 11.6 Å². The summed E-state index contributed by atoms with van der Waals surface area (Å²) in [6.07, 6.45) is 1.69. The molecule has 0 radical (unpaired) electrons. The number of hydrogen-bond acceptors (Lipinski definition) is 3. The minimum Gasteiger partial charge on any atom is -0.381 e. The molecular weight excluding hydrogens is 354 g/mol. The van der Waals surface area contributed by atoms with Gasteiger partial charge in [-0.3, -0.25) is 4.90 Å². The van der Waals surface area contributed by atoms with Crippen molar-refractivity contribution < 1.29 is 13.5 Å². The number of hydrogen-bond donors (Lipinski definition) is 1. The zero-order chi connectivity index (χ0) is 15.5. The van der Waals surface area contributed by atoms with E-state index in [-0.39, 0.29) is 17.5 Å². The summed E-state index contributed by atoms with van der Waals surface area (Å²) >= 11 is 3.20. The van der Waals surface area contributed by atoms with Crippen LogP contribution in [0.5, 0.6) is 0 Å². The second-order valence-corrected chi connectivity index (χ2v) is 6.79. The maximum absolute atomic E-state index is 14.7. The Labute approximate surface area is 138 Å². The first kappa shape index (κ1) is 16.3. The molecule has 1 atom stereocenters. The van der Waals surface area contributed by atoms with Crippen molar-refractivity contribution in [3.8, 4) is 0 Å². The zero-order valence-corrected chi connectivity index (χ0v) is 14.0. The van der Waals surface area contributed by atoms with Crippen molar-refractivity contribution in [2.45, 2.75) is 18.9 Å². The molecule has 2 saturated heterocycles. The molecular formula is C16H21BrF2N2O. The van der Waals surface area contributed by atoms with Gasteiger partial charge in [-0.1, -0.05) is 0 Å². The molecule has 3 nitrogen and oxygen atoms in total. The van der Waals surface area contributed by atoms with Crippen LogP contribution in [0.15, 0.2) is 16.6 Å². The summed E-state index contributed by atoms with van der Waals surface area (Å²) in [5.41, 5.74) is 0.211. The molecule has 2 aliphatic heterocycles. The Morgan fingerprint density at radius 3 is 2.55 bits per heavy atom. The molecule has 0 unspecified atom stereocenters. The van der Waals surface area contributed by atoms with Gasteiger partial charge >= 0.3 is 0 Å². The molecule has 6 heteroatoms. The highest BCUT2D eigenvalue weighted by molar-refractivity contribution is 9.10. The average Bonchev–Trinajstić information content (AvgIpc) is 2.57. The number of nitrogens with zero attached hydrogens (tertiary/aromatic N) is 1. The summed E-state index contributed by atoms with van der Waals surface area (Å²) in [6, 6.07) is 2.58. The summed E-state index contributed by atoms with van der Waals surface area (Å²) < 4.78 is 34.9. The summed E-state index contributed by atoms with van der Waals surface area (Å²) in [7, 11) is 0. The van der Waals surface area contributed by atoms with Crippen molar-refractivity contribution in [2.75, 3.05) is 39.4 Å². The number of halogens is 3. The van der Waals surface area contributed by atoms with Crippen LogP contribution in [0.25, 0.3) is 0 Å². The van der Waals surface area contributed by atoms with E-state index in [0.29, 0.717) is 17.7 Å². The van der Waals surface area contributed by atoms with Crippen molar-refractivity contribution >= 4 is 15.9 Å². The fourth-order valence-electron chi connectivity index (χ4n) is 3.52. The van der Waals surface area contributed by atoms with Crippen molar-refractivity contribution in [3.05, 3.63) is 33.8 Å². The van der Waals surface area contributed by atoms with Crippen LogP contribution in [-0.2, 0) is 4.74 Å². The standard InChI is InChI=1S/C16H21BrF2N2O/c17-12-1-2-13(18)14(15(12)19)16(11-3-9-22-10-4-11)21-7-5-20-6-8-21/h1-2,11,16,20H,3-10H2/t16-/m1/s1. The normalized spacial score (nSPS) is 22.7. The molecule has 2 heterocycles. The van der Waals surface area contributed by atoms with Crippen LogP contribution in [0.3, 0.4) is 0 Å². The van der Waals surface area contributed by atoms with Gasteiger partial charge in [0, 0.05) is 51.0 Å². The van der Waals surface area contributed by atoms with Gasteiger partial charge in [0.15, 0.2) is 0 Å². The monoisotopic (exact) mass is 374 g/mol. The van der Waals surface area contributed by atoms with Crippen LogP contribution in [0, 0.1) is 17.6 Å². The number of ether oxygens (including phenoxy) is 1. The maximum Gasteiger partial charge on any atom is 0.145 e. The van der Waals surface area contributed by atoms with E-state index in [2.05, 4.69) is 26.1 Å². The van der Waals surface area contributed by atoms with E-state index in [9.17, 15) is 8.78 Å². The second kappa shape index (κ2) is 7.34. The largest absolute Gasteiger partial charge is 0.381 e. The van der Waals surface area contributed by atoms with E-state index in [4.69, 9.17) is 4.74 Å². The zero-order valence-electron chi connectivity index (χ0n) is 12.5. The van der Waals surface area contributed by atoms with Crippen LogP contribution in [0.2, 0.25) is 0 Å². The highest BCUT2D eigenvalue weighted by Gasteiger charge is 2.35. The molecule has 22 heavy (non-hydrogen) atoms. The fraction of sp³-hybridized carbons (Fsp3) is 0.625. The number of rotatable bonds is 3. The van der Waals surface area contributed by atoms with Crippen molar-refractivity contribution in [1.82, 2.24) is 10.2 Å². The van der Waals surface area contributed by atoms with E-state index >= 15 is 0 Å². The molecule has 1 N–H and O–H groups in total. The Balaban J connectivity index is 1.98. The van der Waals surface area contributed by atoms with E-state index in [1.807, 2.05) is 0 Å². The lowest BCUT2D eigenvalue weighted by Gasteiger charge is -2.41. The summed E-state index contributed by atoms with van der Waals surface area (Å²) in [5, 5.41) is 3.30. The van der Waals surface area contributed by atoms with Gasteiger partial charge in [0.2, 0.25) is 0 Å². The first-order valence-electron chi connectivity index (χ1n) is 7.84. The molecule has 0 saturated carbocycles. The minimum atomic E-state index is -0.463. The molecule has 1 aromatic carbocycles. The fourth-order valence-corrected chi connectivity index (χ4v) is 3.87. The third kappa shape index (κ3) is 3.35. The van der Waals surface area contributed by atoms with Crippen LogP contribution >= 0.6 is 15.9 Å². The highest BCUT2D eigenvalue weighted by Crippen LogP contribution is 2.39. The third-order valence-corrected chi connectivity index (χ3v) is 5.25. The lowest BCUT2D eigenvalue weighted by atomic mass is 9.85. The first-order valence-corrected chi connectivity index (χ1v) is 8.63. The Morgan fingerprint density at radius 2 is 1.86 bits per heavy atom. The Morgan fingerprint density at radius 1 is 1.18 bits per heavy atom. The summed E-state index contributed by atoms with van der Waals surface area (Å²) in [4.78, 5) is 2.22. The Hall–Kier alpha value is -0.560. The van der Waals surface area contributed by atoms with Crippen LogP contribution in [0.4, 0.5) is 8.78 Å². The summed E-state index contributed by atoms with van der Waals surface area (Å²) in [5.74, 6) is -0.684. The molecule has 122 valence electrons. The van der Waals surface area contributed by atoms with Gasteiger partial charge in [0.25, 0.3) is 0 Å². The van der Waals surface area contributed by atoms with Gasteiger partial charge in [-0.25, -0.2) is 8.78 Å². The van der Waals surface area contributed by atoms with Gasteiger partial charge in [-0.05, 0) is 46.8 Å². The Kier molecular flexibility index (Phi) is 5.44. The molecule has 0 aliphatic carbocycles. The van der Waals surface area contributed by atoms with Gasteiger partial charge in [-0.15, -0.1) is 0 Å². The molecule has 2 aliphatic rings. The first-order chi connectivity index (χ1) is 10.7.